The minimum atomic E-state index is -0.472. The van der Waals surface area contributed by atoms with Gasteiger partial charge in [0.15, 0.2) is 11.6 Å². The lowest BCUT2D eigenvalue weighted by Crippen LogP contribution is -2.37. The Labute approximate surface area is 207 Å². The van der Waals surface area contributed by atoms with E-state index in [1.807, 2.05) is 18.3 Å². The Balaban J connectivity index is 1.19. The first-order valence-corrected chi connectivity index (χ1v) is 12.8. The quantitative estimate of drug-likeness (QED) is 0.281. The van der Waals surface area contributed by atoms with E-state index in [0.29, 0.717) is 23.7 Å². The number of rotatable bonds is 9. The van der Waals surface area contributed by atoms with Crippen LogP contribution in [0.15, 0.2) is 54.9 Å². The molecule has 35 heavy (non-hydrogen) atoms. The third-order valence-electron chi connectivity index (χ3n) is 6.46. The largest absolute Gasteiger partial charge is 0.453 e. The molecule has 0 bridgehead atoms. The van der Waals surface area contributed by atoms with Gasteiger partial charge in [-0.05, 0) is 60.6 Å². The molecule has 7 heteroatoms. The first kappa shape index (κ1) is 22.3. The van der Waals surface area contributed by atoms with Crippen LogP contribution in [0.25, 0.3) is 20.8 Å². The standard InChI is InChI=1S/C28H25FN3O2S/c29-22-14-19(13-21(33)12-18-2-3-18)5-7-25(22)34-26-8-9-30-24-15-27(35-28(24)26)23-6-4-20(16-31-23)17-32-10-1-11-32/h1,4-9,14-16,18H,2-3,10-13,17H2. The Morgan fingerprint density at radius 2 is 1.91 bits per heavy atom. The lowest BCUT2D eigenvalue weighted by atomic mass is 10.0. The van der Waals surface area contributed by atoms with E-state index in [0.717, 1.165) is 53.3 Å². The average molecular weight is 487 g/mol. The molecule has 4 heterocycles. The summed E-state index contributed by atoms with van der Waals surface area (Å²) in [4.78, 5) is 24.6. The van der Waals surface area contributed by atoms with Crippen LogP contribution in [0, 0.1) is 18.2 Å². The fraction of sp³-hybridized carbons (Fsp3) is 0.286. The normalized spacial score (nSPS) is 15.8. The molecule has 1 saturated carbocycles. The van der Waals surface area contributed by atoms with Crippen molar-refractivity contribution in [3.8, 4) is 22.1 Å². The van der Waals surface area contributed by atoms with Crippen LogP contribution in [-0.2, 0) is 17.8 Å². The van der Waals surface area contributed by atoms with Gasteiger partial charge < -0.3 is 4.74 Å². The number of carbonyl (C=O) groups excluding carboxylic acids is 1. The lowest BCUT2D eigenvalue weighted by Gasteiger charge is -2.30. The molecule has 2 fully saturated rings. The highest BCUT2D eigenvalue weighted by Gasteiger charge is 2.24. The van der Waals surface area contributed by atoms with E-state index < -0.39 is 5.82 Å². The predicted octanol–water partition coefficient (Wildman–Crippen LogP) is 6.22. The zero-order chi connectivity index (χ0) is 23.8. The highest BCUT2D eigenvalue weighted by atomic mass is 32.1. The van der Waals surface area contributed by atoms with Crippen molar-refractivity contribution in [1.29, 1.82) is 0 Å². The number of carbonyl (C=O) groups is 1. The molecule has 1 saturated heterocycles. The zero-order valence-corrected chi connectivity index (χ0v) is 20.1. The van der Waals surface area contributed by atoms with E-state index >= 15 is 0 Å². The van der Waals surface area contributed by atoms with Crippen LogP contribution in [0.1, 0.15) is 30.4 Å². The number of hydrogen-bond donors (Lipinski definition) is 0. The summed E-state index contributed by atoms with van der Waals surface area (Å²) < 4.78 is 21.6. The van der Waals surface area contributed by atoms with Crippen molar-refractivity contribution in [1.82, 2.24) is 14.9 Å². The molecule has 177 valence electrons. The summed E-state index contributed by atoms with van der Waals surface area (Å²) in [5, 5.41) is 0. The number of likely N-dealkylation sites (tertiary alicyclic amines) is 1. The van der Waals surface area contributed by atoms with Crippen LogP contribution in [0.2, 0.25) is 0 Å². The molecule has 1 radical (unpaired) electrons. The van der Waals surface area contributed by atoms with Crippen LogP contribution in [0.5, 0.6) is 11.5 Å². The highest BCUT2D eigenvalue weighted by Crippen LogP contribution is 2.39. The van der Waals surface area contributed by atoms with Gasteiger partial charge in [-0.15, -0.1) is 11.3 Å². The van der Waals surface area contributed by atoms with Gasteiger partial charge >= 0.3 is 0 Å². The van der Waals surface area contributed by atoms with E-state index in [-0.39, 0.29) is 18.0 Å². The van der Waals surface area contributed by atoms with Crippen LogP contribution in [0.4, 0.5) is 4.39 Å². The SMILES string of the molecule is O=C(Cc1ccc(Oc2ccnc3cc(-c4ccc(CN5C[CH]C5)cn4)sc23)c(F)c1)CC1CC1. The molecular weight excluding hydrogens is 461 g/mol. The van der Waals surface area contributed by atoms with Gasteiger partial charge in [-0.1, -0.05) is 12.1 Å². The summed E-state index contributed by atoms with van der Waals surface area (Å²) >= 11 is 1.53. The second-order valence-corrected chi connectivity index (χ2v) is 10.5. The maximum Gasteiger partial charge on any atom is 0.166 e. The number of thiophene rings is 1. The molecule has 5 nitrogen and oxygen atoms in total. The van der Waals surface area contributed by atoms with Crippen LogP contribution in [-0.4, -0.2) is 33.7 Å². The fourth-order valence-electron chi connectivity index (χ4n) is 4.28. The minimum Gasteiger partial charge on any atom is -0.453 e. The molecule has 0 N–H and O–H groups in total. The number of hydrogen-bond acceptors (Lipinski definition) is 6. The molecule has 1 aromatic carbocycles. The van der Waals surface area contributed by atoms with E-state index in [2.05, 4.69) is 27.4 Å². The number of nitrogens with zero attached hydrogens (tertiary/aromatic N) is 3. The number of benzene rings is 1. The summed E-state index contributed by atoms with van der Waals surface area (Å²) in [7, 11) is 0. The Morgan fingerprint density at radius 1 is 1.06 bits per heavy atom. The van der Waals surface area contributed by atoms with E-state index in [1.54, 1.807) is 24.4 Å². The molecule has 6 rings (SSSR count). The van der Waals surface area contributed by atoms with Crippen LogP contribution in [0.3, 0.4) is 0 Å². The first-order chi connectivity index (χ1) is 17.1. The van der Waals surface area contributed by atoms with E-state index in [1.165, 1.54) is 23.0 Å². The van der Waals surface area contributed by atoms with Gasteiger partial charge in [-0.2, -0.15) is 0 Å². The number of Topliss-reactive ketones (excluding diaryl/α,β-unsaturated/α-hetero) is 1. The third-order valence-corrected chi connectivity index (χ3v) is 7.63. The molecule has 1 aliphatic carbocycles. The fourth-order valence-corrected chi connectivity index (χ4v) is 5.33. The molecule has 2 aliphatic rings. The number of pyridine rings is 2. The van der Waals surface area contributed by atoms with Gasteiger partial charge in [-0.25, -0.2) is 4.39 Å². The Morgan fingerprint density at radius 3 is 2.63 bits per heavy atom. The number of halogens is 1. The van der Waals surface area contributed by atoms with Crippen molar-refractivity contribution in [3.63, 3.8) is 0 Å². The zero-order valence-electron chi connectivity index (χ0n) is 19.2. The smallest absolute Gasteiger partial charge is 0.166 e. The molecule has 1 aliphatic heterocycles. The second kappa shape index (κ2) is 9.47. The van der Waals surface area contributed by atoms with E-state index in [9.17, 15) is 9.18 Å². The second-order valence-electron chi connectivity index (χ2n) is 9.40. The molecule has 0 atom stereocenters. The molecule has 0 amide bonds. The maximum absolute atomic E-state index is 14.8. The van der Waals surface area contributed by atoms with Crippen molar-refractivity contribution in [2.75, 3.05) is 13.1 Å². The summed E-state index contributed by atoms with van der Waals surface area (Å²) in [6.07, 6.45) is 8.98. The Bertz CT molecular complexity index is 1380. The van der Waals surface area contributed by atoms with Crippen LogP contribution >= 0.6 is 11.3 Å². The van der Waals surface area contributed by atoms with Gasteiger partial charge in [0.2, 0.25) is 0 Å². The van der Waals surface area contributed by atoms with Crippen molar-refractivity contribution >= 4 is 27.3 Å². The van der Waals surface area contributed by atoms with Gasteiger partial charge in [-0.3, -0.25) is 19.7 Å². The summed E-state index contributed by atoms with van der Waals surface area (Å²) in [5.41, 5.74) is 3.54. The molecule has 4 aromatic rings. The first-order valence-electron chi connectivity index (χ1n) is 12.0. The number of fused-ring (bicyclic) bond motifs is 1. The highest BCUT2D eigenvalue weighted by molar-refractivity contribution is 7.22. The van der Waals surface area contributed by atoms with E-state index in [4.69, 9.17) is 4.74 Å². The summed E-state index contributed by atoms with van der Waals surface area (Å²) in [5.74, 6) is 0.922. The van der Waals surface area contributed by atoms with Crippen LogP contribution < -0.4 is 4.74 Å². The maximum atomic E-state index is 14.8. The molecule has 3 aromatic heterocycles. The monoisotopic (exact) mass is 486 g/mol. The van der Waals surface area contributed by atoms with Gasteiger partial charge in [0.1, 0.15) is 11.5 Å². The number of aromatic nitrogens is 2. The summed E-state index contributed by atoms with van der Waals surface area (Å²) in [6.45, 7) is 2.98. The van der Waals surface area contributed by atoms with Crippen molar-refractivity contribution in [2.24, 2.45) is 5.92 Å². The van der Waals surface area contributed by atoms with Gasteiger partial charge in [0, 0.05) is 50.9 Å². The number of ether oxygens (including phenoxy) is 1. The third kappa shape index (κ3) is 5.11. The van der Waals surface area contributed by atoms with Gasteiger partial charge in [0.05, 0.1) is 20.8 Å². The average Bonchev–Trinajstić information content (AvgIpc) is 3.52. The van der Waals surface area contributed by atoms with Crippen molar-refractivity contribution in [3.05, 3.63) is 78.2 Å². The topological polar surface area (TPSA) is 55.3 Å². The lowest BCUT2D eigenvalue weighted by molar-refractivity contribution is -0.118. The molecular formula is C28H25FN3O2S. The van der Waals surface area contributed by atoms with Crippen molar-refractivity contribution < 1.29 is 13.9 Å². The summed E-state index contributed by atoms with van der Waals surface area (Å²) in [6, 6.07) is 12.7. The molecule has 0 unspecified atom stereocenters. The van der Waals surface area contributed by atoms with Gasteiger partial charge in [0.25, 0.3) is 0 Å². The number of ketones is 1. The Hall–Kier alpha value is -3.16. The molecule has 0 spiro atoms. The predicted molar refractivity (Wildman–Crippen MR) is 135 cm³/mol. The van der Waals surface area contributed by atoms with Crippen molar-refractivity contribution in [2.45, 2.75) is 32.2 Å². The Kier molecular flexibility index (Phi) is 6.04. The minimum absolute atomic E-state index is 0.136.